The van der Waals surface area contributed by atoms with Gasteiger partial charge in [-0.3, -0.25) is 0 Å². The van der Waals surface area contributed by atoms with Gasteiger partial charge in [-0.1, -0.05) is 0 Å². The number of furan rings is 1. The van der Waals surface area contributed by atoms with Crippen LogP contribution in [0.3, 0.4) is 0 Å². The van der Waals surface area contributed by atoms with Crippen LogP contribution in [-0.2, 0) is 14.6 Å². The highest BCUT2D eigenvalue weighted by molar-refractivity contribution is 7.90. The van der Waals surface area contributed by atoms with Crippen molar-refractivity contribution in [1.29, 1.82) is 0 Å². The van der Waals surface area contributed by atoms with Crippen molar-refractivity contribution < 1.29 is 22.4 Å². The number of carbonyl (C=O) groups excluding carboxylic acids is 1. The second-order valence-electron chi connectivity index (χ2n) is 3.29. The van der Waals surface area contributed by atoms with E-state index in [0.717, 1.165) is 6.26 Å². The van der Waals surface area contributed by atoms with Crippen LogP contribution in [0.2, 0.25) is 0 Å². The molecule has 0 aliphatic rings. The first-order valence-corrected chi connectivity index (χ1v) is 6.37. The summed E-state index contributed by atoms with van der Waals surface area (Å²) < 4.78 is 31.5. The predicted molar refractivity (Wildman–Crippen MR) is 53.3 cm³/mol. The van der Waals surface area contributed by atoms with Gasteiger partial charge >= 0.3 is 5.97 Å². The standard InChI is InChI=1S/C9H12O5S/c1-7(6-15(2,11)12)14-9(10)8-4-3-5-13-8/h3-5,7H,6H2,1-2H3/t7-/m0/s1. The monoisotopic (exact) mass is 232 g/mol. The fourth-order valence-electron chi connectivity index (χ4n) is 1.10. The van der Waals surface area contributed by atoms with Crippen molar-refractivity contribution in [2.45, 2.75) is 13.0 Å². The van der Waals surface area contributed by atoms with Gasteiger partial charge in [0.1, 0.15) is 6.10 Å². The van der Waals surface area contributed by atoms with Crippen LogP contribution in [0.25, 0.3) is 0 Å². The van der Waals surface area contributed by atoms with E-state index in [4.69, 9.17) is 9.15 Å². The fourth-order valence-corrected chi connectivity index (χ4v) is 2.02. The molecule has 0 aliphatic carbocycles. The van der Waals surface area contributed by atoms with Crippen LogP contribution in [0.15, 0.2) is 22.8 Å². The molecule has 1 rings (SSSR count). The van der Waals surface area contributed by atoms with Gasteiger partial charge in [-0.25, -0.2) is 13.2 Å². The maximum Gasteiger partial charge on any atom is 0.374 e. The van der Waals surface area contributed by atoms with Crippen LogP contribution in [0.4, 0.5) is 0 Å². The minimum atomic E-state index is -3.15. The lowest BCUT2D eigenvalue weighted by Crippen LogP contribution is -2.23. The third-order valence-electron chi connectivity index (χ3n) is 1.57. The van der Waals surface area contributed by atoms with Crippen molar-refractivity contribution in [2.75, 3.05) is 12.0 Å². The summed E-state index contributed by atoms with van der Waals surface area (Å²) in [5.74, 6) is -0.786. The predicted octanol–water partition coefficient (Wildman–Crippen LogP) is 0.870. The average Bonchev–Trinajstić information content (AvgIpc) is 2.50. The quantitative estimate of drug-likeness (QED) is 0.720. The van der Waals surface area contributed by atoms with Crippen LogP contribution < -0.4 is 0 Å². The first-order chi connectivity index (χ1) is 6.88. The van der Waals surface area contributed by atoms with Gasteiger partial charge in [-0.2, -0.15) is 0 Å². The van der Waals surface area contributed by atoms with Gasteiger partial charge in [-0.05, 0) is 19.1 Å². The summed E-state index contributed by atoms with van der Waals surface area (Å²) in [5.41, 5.74) is 0. The van der Waals surface area contributed by atoms with E-state index in [1.54, 1.807) is 6.07 Å². The average molecular weight is 232 g/mol. The number of sulfone groups is 1. The fraction of sp³-hybridized carbons (Fsp3) is 0.444. The zero-order valence-electron chi connectivity index (χ0n) is 8.47. The van der Waals surface area contributed by atoms with Gasteiger partial charge < -0.3 is 9.15 Å². The summed E-state index contributed by atoms with van der Waals surface area (Å²) in [6.45, 7) is 1.52. The van der Waals surface area contributed by atoms with Gasteiger partial charge in [0.05, 0.1) is 12.0 Å². The maximum absolute atomic E-state index is 11.3. The largest absolute Gasteiger partial charge is 0.457 e. The molecule has 0 fully saturated rings. The second kappa shape index (κ2) is 4.48. The molecule has 0 aromatic carbocycles. The van der Waals surface area contributed by atoms with Crippen LogP contribution in [-0.4, -0.2) is 32.5 Å². The van der Waals surface area contributed by atoms with E-state index in [1.165, 1.54) is 19.3 Å². The lowest BCUT2D eigenvalue weighted by atomic mass is 10.4. The number of carbonyl (C=O) groups is 1. The molecular formula is C9H12O5S. The van der Waals surface area contributed by atoms with E-state index in [2.05, 4.69) is 0 Å². The summed E-state index contributed by atoms with van der Waals surface area (Å²) in [4.78, 5) is 11.3. The molecule has 84 valence electrons. The summed E-state index contributed by atoms with van der Waals surface area (Å²) in [6, 6.07) is 3.01. The zero-order valence-corrected chi connectivity index (χ0v) is 9.28. The number of rotatable bonds is 4. The Kier molecular flexibility index (Phi) is 3.52. The smallest absolute Gasteiger partial charge is 0.374 e. The Morgan fingerprint density at radius 2 is 2.27 bits per heavy atom. The Labute approximate surface area is 88.0 Å². The third-order valence-corrected chi connectivity index (χ3v) is 2.64. The molecule has 0 amide bonds. The number of hydrogen-bond acceptors (Lipinski definition) is 5. The Morgan fingerprint density at radius 3 is 2.73 bits per heavy atom. The molecule has 1 aromatic rings. The van der Waals surface area contributed by atoms with E-state index < -0.39 is 21.9 Å². The van der Waals surface area contributed by atoms with Crippen LogP contribution in [0, 0.1) is 0 Å². The number of esters is 1. The Bertz CT molecular complexity index is 417. The molecule has 5 nitrogen and oxygen atoms in total. The molecule has 0 saturated heterocycles. The van der Waals surface area contributed by atoms with Gasteiger partial charge in [0.15, 0.2) is 9.84 Å². The Hall–Kier alpha value is -1.30. The van der Waals surface area contributed by atoms with Crippen molar-refractivity contribution in [3.63, 3.8) is 0 Å². The molecular weight excluding hydrogens is 220 g/mol. The van der Waals surface area contributed by atoms with Crippen LogP contribution in [0.1, 0.15) is 17.5 Å². The Morgan fingerprint density at radius 1 is 1.60 bits per heavy atom. The molecule has 0 N–H and O–H groups in total. The summed E-state index contributed by atoms with van der Waals surface area (Å²) in [6.07, 6.45) is 1.75. The molecule has 1 heterocycles. The lowest BCUT2D eigenvalue weighted by Gasteiger charge is -2.10. The molecule has 6 heteroatoms. The van der Waals surface area contributed by atoms with Gasteiger partial charge in [0, 0.05) is 6.26 Å². The third kappa shape index (κ3) is 4.16. The first-order valence-electron chi connectivity index (χ1n) is 4.30. The van der Waals surface area contributed by atoms with Crippen molar-refractivity contribution in [1.82, 2.24) is 0 Å². The van der Waals surface area contributed by atoms with E-state index in [-0.39, 0.29) is 11.5 Å². The molecule has 0 saturated carbocycles. The molecule has 15 heavy (non-hydrogen) atoms. The van der Waals surface area contributed by atoms with E-state index >= 15 is 0 Å². The minimum absolute atomic E-state index is 0.0651. The Balaban J connectivity index is 2.53. The molecule has 0 spiro atoms. The summed E-state index contributed by atoms with van der Waals surface area (Å²) in [7, 11) is -3.15. The van der Waals surface area contributed by atoms with Crippen LogP contribution in [0.5, 0.6) is 0 Å². The second-order valence-corrected chi connectivity index (χ2v) is 5.47. The van der Waals surface area contributed by atoms with Crippen LogP contribution >= 0.6 is 0 Å². The van der Waals surface area contributed by atoms with Crippen molar-refractivity contribution in [3.8, 4) is 0 Å². The minimum Gasteiger partial charge on any atom is -0.457 e. The molecule has 1 atom stereocenters. The molecule has 0 bridgehead atoms. The first kappa shape index (κ1) is 11.8. The van der Waals surface area contributed by atoms with Gasteiger partial charge in [0.2, 0.25) is 5.76 Å². The topological polar surface area (TPSA) is 73.6 Å². The highest BCUT2D eigenvalue weighted by Crippen LogP contribution is 2.05. The molecule has 0 aliphatic heterocycles. The number of hydrogen-bond donors (Lipinski definition) is 0. The van der Waals surface area contributed by atoms with E-state index in [0.29, 0.717) is 0 Å². The highest BCUT2D eigenvalue weighted by Gasteiger charge is 2.17. The SMILES string of the molecule is C[C@@H](CS(C)(=O)=O)OC(=O)c1ccco1. The van der Waals surface area contributed by atoms with Gasteiger partial charge in [0.25, 0.3) is 0 Å². The van der Waals surface area contributed by atoms with E-state index in [1.807, 2.05) is 0 Å². The summed E-state index contributed by atoms with van der Waals surface area (Å²) >= 11 is 0. The van der Waals surface area contributed by atoms with Gasteiger partial charge in [-0.15, -0.1) is 0 Å². The summed E-state index contributed by atoms with van der Waals surface area (Å²) in [5, 5.41) is 0. The zero-order chi connectivity index (χ0) is 11.5. The normalized spacial score (nSPS) is 13.5. The van der Waals surface area contributed by atoms with E-state index in [9.17, 15) is 13.2 Å². The maximum atomic E-state index is 11.3. The van der Waals surface area contributed by atoms with Crippen molar-refractivity contribution >= 4 is 15.8 Å². The van der Waals surface area contributed by atoms with Crippen molar-refractivity contribution in [2.24, 2.45) is 0 Å². The number of ether oxygens (including phenoxy) is 1. The molecule has 0 unspecified atom stereocenters. The molecule has 0 radical (unpaired) electrons. The lowest BCUT2D eigenvalue weighted by molar-refractivity contribution is 0.0347. The highest BCUT2D eigenvalue weighted by atomic mass is 32.2. The van der Waals surface area contributed by atoms with Crippen molar-refractivity contribution in [3.05, 3.63) is 24.2 Å². The molecule has 1 aromatic heterocycles.